The van der Waals surface area contributed by atoms with Crippen LogP contribution in [0.1, 0.15) is 0 Å². The minimum Gasteiger partial charge on any atom is -0.377 e. The smallest absolute Gasteiger partial charge is 0.0701 e. The van der Waals surface area contributed by atoms with Crippen LogP contribution >= 0.6 is 0 Å². The van der Waals surface area contributed by atoms with Gasteiger partial charge in [0.15, 0.2) is 0 Å². The second-order valence-corrected chi connectivity index (χ2v) is 1.94. The molecule has 0 radical (unpaired) electrons. The SMILES string of the molecule is C1CO1.NCCNCCN. The molecular weight excluding hydrogens is 130 g/mol. The van der Waals surface area contributed by atoms with E-state index in [-0.39, 0.29) is 0 Å². The third kappa shape index (κ3) is 15.7. The lowest BCUT2D eigenvalue weighted by atomic mass is 10.6. The summed E-state index contributed by atoms with van der Waals surface area (Å²) in [7, 11) is 0. The van der Waals surface area contributed by atoms with E-state index in [2.05, 4.69) is 10.1 Å². The topological polar surface area (TPSA) is 76.6 Å². The Morgan fingerprint density at radius 3 is 1.70 bits per heavy atom. The van der Waals surface area contributed by atoms with Gasteiger partial charge in [-0.25, -0.2) is 0 Å². The van der Waals surface area contributed by atoms with E-state index in [1.165, 1.54) is 0 Å². The zero-order valence-electron chi connectivity index (χ0n) is 6.31. The Balaban J connectivity index is 0.000000219. The van der Waals surface area contributed by atoms with E-state index in [1.807, 2.05) is 0 Å². The molecule has 1 aliphatic heterocycles. The molecule has 1 rings (SSSR count). The van der Waals surface area contributed by atoms with E-state index in [1.54, 1.807) is 0 Å². The van der Waals surface area contributed by atoms with Gasteiger partial charge >= 0.3 is 0 Å². The van der Waals surface area contributed by atoms with Crippen molar-refractivity contribution in [2.75, 3.05) is 39.4 Å². The normalized spacial score (nSPS) is 13.8. The summed E-state index contributed by atoms with van der Waals surface area (Å²) in [5, 5.41) is 3.03. The average molecular weight is 147 g/mol. The number of hydrogen-bond donors (Lipinski definition) is 3. The Bertz CT molecular complexity index is 52.2. The van der Waals surface area contributed by atoms with Crippen LogP contribution in [0.2, 0.25) is 0 Å². The highest BCUT2D eigenvalue weighted by molar-refractivity contribution is 4.45. The Kier molecular flexibility index (Phi) is 8.70. The monoisotopic (exact) mass is 147 g/mol. The molecule has 0 spiro atoms. The van der Waals surface area contributed by atoms with Gasteiger partial charge in [0.25, 0.3) is 0 Å². The maximum Gasteiger partial charge on any atom is 0.0701 e. The largest absolute Gasteiger partial charge is 0.377 e. The summed E-state index contributed by atoms with van der Waals surface area (Å²) in [6.07, 6.45) is 0. The van der Waals surface area contributed by atoms with Gasteiger partial charge in [-0.1, -0.05) is 0 Å². The molecular formula is C6H17N3O. The van der Waals surface area contributed by atoms with Gasteiger partial charge < -0.3 is 21.5 Å². The Labute approximate surface area is 61.9 Å². The molecule has 0 amide bonds. The van der Waals surface area contributed by atoms with Crippen LogP contribution in [0.4, 0.5) is 0 Å². The number of ether oxygens (including phenoxy) is 1. The van der Waals surface area contributed by atoms with Gasteiger partial charge in [0.1, 0.15) is 0 Å². The molecule has 1 aliphatic rings. The fourth-order valence-corrected chi connectivity index (χ4v) is 0.329. The van der Waals surface area contributed by atoms with Crippen LogP contribution < -0.4 is 16.8 Å². The predicted molar refractivity (Wildman–Crippen MR) is 41.8 cm³/mol. The van der Waals surface area contributed by atoms with Crippen LogP contribution in [0.25, 0.3) is 0 Å². The first-order chi connectivity index (χ1) is 4.91. The Hall–Kier alpha value is -0.160. The fraction of sp³-hybridized carbons (Fsp3) is 1.00. The van der Waals surface area contributed by atoms with Crippen LogP contribution in [0.5, 0.6) is 0 Å². The lowest BCUT2D eigenvalue weighted by molar-refractivity contribution is 0.475. The molecule has 1 saturated heterocycles. The van der Waals surface area contributed by atoms with Crippen molar-refractivity contribution >= 4 is 0 Å². The molecule has 0 aromatic rings. The molecule has 0 aromatic heterocycles. The summed E-state index contributed by atoms with van der Waals surface area (Å²) in [6, 6.07) is 0. The molecule has 0 saturated carbocycles. The zero-order valence-corrected chi connectivity index (χ0v) is 6.31. The van der Waals surface area contributed by atoms with Crippen molar-refractivity contribution in [1.29, 1.82) is 0 Å². The highest BCUT2D eigenvalue weighted by Crippen LogP contribution is 1.84. The number of epoxide rings is 1. The van der Waals surface area contributed by atoms with Crippen molar-refractivity contribution in [3.05, 3.63) is 0 Å². The van der Waals surface area contributed by atoms with Crippen LogP contribution in [0.15, 0.2) is 0 Å². The quantitative estimate of drug-likeness (QED) is 0.334. The van der Waals surface area contributed by atoms with Gasteiger partial charge in [-0.05, 0) is 0 Å². The molecule has 10 heavy (non-hydrogen) atoms. The van der Waals surface area contributed by atoms with Gasteiger partial charge in [-0.2, -0.15) is 0 Å². The Morgan fingerprint density at radius 2 is 1.50 bits per heavy atom. The van der Waals surface area contributed by atoms with E-state index < -0.39 is 0 Å². The second-order valence-electron chi connectivity index (χ2n) is 1.94. The second kappa shape index (κ2) is 8.84. The third-order valence-corrected chi connectivity index (χ3v) is 0.846. The number of hydrogen-bond acceptors (Lipinski definition) is 4. The number of rotatable bonds is 4. The molecule has 0 unspecified atom stereocenters. The van der Waals surface area contributed by atoms with Gasteiger partial charge in [-0.3, -0.25) is 0 Å². The Morgan fingerprint density at radius 1 is 1.10 bits per heavy atom. The molecule has 4 nitrogen and oxygen atoms in total. The average Bonchev–Trinajstić information content (AvgIpc) is 2.73. The molecule has 62 valence electrons. The summed E-state index contributed by atoms with van der Waals surface area (Å²) in [5.41, 5.74) is 10.3. The van der Waals surface area contributed by atoms with Gasteiger partial charge in [0, 0.05) is 26.2 Å². The summed E-state index contributed by atoms with van der Waals surface area (Å²) in [5.74, 6) is 0. The minimum atomic E-state index is 0.694. The first kappa shape index (κ1) is 9.84. The molecule has 0 atom stereocenters. The standard InChI is InChI=1S/C4H13N3.C2H4O/c5-1-3-7-4-2-6;1-2-3-1/h7H,1-6H2;1-2H2. The maximum absolute atomic E-state index is 5.17. The summed E-state index contributed by atoms with van der Waals surface area (Å²) in [6.45, 7) is 5.13. The molecule has 1 heterocycles. The summed E-state index contributed by atoms with van der Waals surface area (Å²) >= 11 is 0. The number of nitrogens with two attached hydrogens (primary N) is 2. The van der Waals surface area contributed by atoms with Gasteiger partial charge in [0.2, 0.25) is 0 Å². The van der Waals surface area contributed by atoms with Crippen LogP contribution in [0.3, 0.4) is 0 Å². The van der Waals surface area contributed by atoms with E-state index in [9.17, 15) is 0 Å². The summed E-state index contributed by atoms with van der Waals surface area (Å²) in [4.78, 5) is 0. The van der Waals surface area contributed by atoms with Gasteiger partial charge in [-0.15, -0.1) is 0 Å². The van der Waals surface area contributed by atoms with E-state index >= 15 is 0 Å². The van der Waals surface area contributed by atoms with E-state index in [0.717, 1.165) is 26.3 Å². The summed E-state index contributed by atoms with van der Waals surface area (Å²) < 4.78 is 4.50. The molecule has 1 fully saturated rings. The fourth-order valence-electron chi connectivity index (χ4n) is 0.329. The van der Waals surface area contributed by atoms with Crippen molar-refractivity contribution in [2.45, 2.75) is 0 Å². The molecule has 0 aromatic carbocycles. The maximum atomic E-state index is 5.17. The van der Waals surface area contributed by atoms with Crippen molar-refractivity contribution in [1.82, 2.24) is 5.32 Å². The van der Waals surface area contributed by atoms with Crippen molar-refractivity contribution in [3.63, 3.8) is 0 Å². The first-order valence-corrected chi connectivity index (χ1v) is 3.60. The highest BCUT2D eigenvalue weighted by Gasteiger charge is 1.94. The minimum absolute atomic E-state index is 0.694. The van der Waals surface area contributed by atoms with Crippen molar-refractivity contribution < 1.29 is 4.74 Å². The lowest BCUT2D eigenvalue weighted by Gasteiger charge is -1.95. The van der Waals surface area contributed by atoms with Gasteiger partial charge in [0.05, 0.1) is 13.2 Å². The first-order valence-electron chi connectivity index (χ1n) is 3.60. The van der Waals surface area contributed by atoms with Crippen LogP contribution in [0, 0.1) is 0 Å². The molecule has 0 bridgehead atoms. The highest BCUT2D eigenvalue weighted by atomic mass is 16.6. The lowest BCUT2D eigenvalue weighted by Crippen LogP contribution is -2.27. The molecule has 4 heteroatoms. The van der Waals surface area contributed by atoms with Crippen molar-refractivity contribution in [3.8, 4) is 0 Å². The van der Waals surface area contributed by atoms with E-state index in [0.29, 0.717) is 13.1 Å². The number of nitrogens with one attached hydrogen (secondary N) is 1. The predicted octanol–water partition coefficient (Wildman–Crippen LogP) is -1.49. The van der Waals surface area contributed by atoms with Crippen molar-refractivity contribution in [2.24, 2.45) is 11.5 Å². The zero-order chi connectivity index (χ0) is 7.66. The molecule has 0 aliphatic carbocycles. The molecule has 5 N–H and O–H groups in total. The van der Waals surface area contributed by atoms with Crippen LogP contribution in [-0.2, 0) is 4.74 Å². The van der Waals surface area contributed by atoms with Crippen LogP contribution in [-0.4, -0.2) is 39.4 Å². The van der Waals surface area contributed by atoms with E-state index in [4.69, 9.17) is 11.5 Å². The third-order valence-electron chi connectivity index (χ3n) is 0.846.